The lowest BCUT2D eigenvalue weighted by molar-refractivity contribution is -0.143. The van der Waals surface area contributed by atoms with Crippen molar-refractivity contribution in [2.45, 2.75) is 26.7 Å². The van der Waals surface area contributed by atoms with Gasteiger partial charge >= 0.3 is 5.97 Å². The minimum atomic E-state index is -0.422. The van der Waals surface area contributed by atoms with E-state index in [1.807, 2.05) is 39.0 Å². The van der Waals surface area contributed by atoms with Crippen molar-refractivity contribution in [2.75, 3.05) is 7.11 Å². The smallest absolute Gasteiger partial charge is 0.316 e. The summed E-state index contributed by atoms with van der Waals surface area (Å²) in [6, 6.07) is 5.75. The number of pyridine rings is 1. The summed E-state index contributed by atoms with van der Waals surface area (Å²) in [5.74, 6) is -0.103. The van der Waals surface area contributed by atoms with Gasteiger partial charge in [0.05, 0.1) is 7.11 Å². The van der Waals surface area contributed by atoms with E-state index in [4.69, 9.17) is 4.74 Å². The van der Waals surface area contributed by atoms with E-state index in [0.717, 1.165) is 11.3 Å². The van der Waals surface area contributed by atoms with Crippen LogP contribution in [-0.4, -0.2) is 27.7 Å². The normalized spacial score (nSPS) is 12.9. The van der Waals surface area contributed by atoms with Crippen molar-refractivity contribution in [2.24, 2.45) is 5.92 Å². The highest BCUT2D eigenvalue weighted by molar-refractivity contribution is 5.77. The van der Waals surface area contributed by atoms with E-state index in [1.165, 1.54) is 7.11 Å². The number of esters is 1. The van der Waals surface area contributed by atoms with Crippen LogP contribution in [-0.2, 0) is 9.53 Å². The third-order valence-corrected chi connectivity index (χ3v) is 2.97. The van der Waals surface area contributed by atoms with E-state index in [0.29, 0.717) is 5.82 Å². The van der Waals surface area contributed by atoms with Crippen molar-refractivity contribution >= 4 is 11.6 Å². The molecule has 0 aliphatic carbocycles. The summed E-state index contributed by atoms with van der Waals surface area (Å²) < 4.78 is 6.57. The second-order valence-electron chi connectivity index (χ2n) is 4.65. The molecule has 0 aromatic carbocycles. The van der Waals surface area contributed by atoms with Crippen LogP contribution in [0.4, 0.5) is 0 Å². The predicted molar refractivity (Wildman–Crippen MR) is 67.3 cm³/mol. The first-order valence-electron chi connectivity index (χ1n) is 5.94. The number of ether oxygens (including phenoxy) is 1. The summed E-state index contributed by atoms with van der Waals surface area (Å²) in [7, 11) is 1.39. The van der Waals surface area contributed by atoms with Crippen molar-refractivity contribution in [1.82, 2.24) is 14.6 Å². The zero-order valence-corrected chi connectivity index (χ0v) is 11.0. The maximum atomic E-state index is 11.8. The molecular formula is C13H17N3O2. The van der Waals surface area contributed by atoms with Gasteiger partial charge in [-0.2, -0.15) is 5.10 Å². The molecule has 1 atom stereocenters. The number of methoxy groups -OCH3 is 1. The molecule has 5 nitrogen and oxygen atoms in total. The van der Waals surface area contributed by atoms with Crippen molar-refractivity contribution in [3.63, 3.8) is 0 Å². The third-order valence-electron chi connectivity index (χ3n) is 2.97. The lowest BCUT2D eigenvalue weighted by Gasteiger charge is -2.14. The van der Waals surface area contributed by atoms with Gasteiger partial charge in [-0.1, -0.05) is 19.9 Å². The van der Waals surface area contributed by atoms with Gasteiger partial charge in [-0.25, -0.2) is 9.50 Å². The summed E-state index contributed by atoms with van der Waals surface area (Å²) >= 11 is 0. The van der Waals surface area contributed by atoms with E-state index in [9.17, 15) is 4.79 Å². The minimum absolute atomic E-state index is 0.0927. The molecule has 0 N–H and O–H groups in total. The Morgan fingerprint density at radius 2 is 2.11 bits per heavy atom. The first-order valence-corrected chi connectivity index (χ1v) is 5.94. The van der Waals surface area contributed by atoms with Gasteiger partial charge in [-0.3, -0.25) is 4.79 Å². The van der Waals surface area contributed by atoms with Crippen LogP contribution >= 0.6 is 0 Å². The summed E-state index contributed by atoms with van der Waals surface area (Å²) in [6.07, 6.45) is 0. The van der Waals surface area contributed by atoms with Crippen LogP contribution in [0.1, 0.15) is 31.3 Å². The van der Waals surface area contributed by atoms with E-state index < -0.39 is 5.92 Å². The highest BCUT2D eigenvalue weighted by atomic mass is 16.5. The number of nitrogens with zero attached hydrogens (tertiary/aromatic N) is 3. The molecule has 0 aliphatic rings. The van der Waals surface area contributed by atoms with Gasteiger partial charge < -0.3 is 4.74 Å². The number of carbonyl (C=O) groups excluding carboxylic acids is 1. The summed E-state index contributed by atoms with van der Waals surface area (Å²) in [5, 5.41) is 4.41. The molecule has 0 saturated carbocycles. The van der Waals surface area contributed by atoms with E-state index in [1.54, 1.807) is 4.52 Å². The number of hydrogen-bond donors (Lipinski definition) is 0. The van der Waals surface area contributed by atoms with Gasteiger partial charge in [-0.15, -0.1) is 0 Å². The number of aryl methyl sites for hydroxylation is 1. The standard InChI is InChI=1S/C13H17N3O2/c1-8(2)11(13(17)18-4)12-14-10-7-5-6-9(3)16(10)15-12/h5-8,11H,1-4H3. The lowest BCUT2D eigenvalue weighted by atomic mass is 9.95. The molecule has 0 fully saturated rings. The largest absolute Gasteiger partial charge is 0.468 e. The molecule has 0 spiro atoms. The zero-order valence-electron chi connectivity index (χ0n) is 11.0. The van der Waals surface area contributed by atoms with Crippen LogP contribution < -0.4 is 0 Å². The Kier molecular flexibility index (Phi) is 3.32. The SMILES string of the molecule is COC(=O)C(c1nc2cccc(C)n2n1)C(C)C. The quantitative estimate of drug-likeness (QED) is 0.778. The highest BCUT2D eigenvalue weighted by Crippen LogP contribution is 2.23. The summed E-state index contributed by atoms with van der Waals surface area (Å²) in [4.78, 5) is 16.2. The Hall–Kier alpha value is -1.91. The number of rotatable bonds is 3. The van der Waals surface area contributed by atoms with Crippen molar-refractivity contribution in [3.05, 3.63) is 29.7 Å². The molecule has 2 heterocycles. The zero-order chi connectivity index (χ0) is 13.3. The highest BCUT2D eigenvalue weighted by Gasteiger charge is 2.29. The molecule has 2 aromatic heterocycles. The average Bonchev–Trinajstić information content (AvgIpc) is 2.73. The van der Waals surface area contributed by atoms with Crippen LogP contribution in [0.5, 0.6) is 0 Å². The Balaban J connectivity index is 2.52. The Labute approximate surface area is 106 Å². The second kappa shape index (κ2) is 4.76. The summed E-state index contributed by atoms with van der Waals surface area (Å²) in [6.45, 7) is 5.87. The number of hydrogen-bond acceptors (Lipinski definition) is 4. The first kappa shape index (κ1) is 12.5. The maximum absolute atomic E-state index is 11.8. The van der Waals surface area contributed by atoms with Crippen LogP contribution in [0.2, 0.25) is 0 Å². The van der Waals surface area contributed by atoms with Gasteiger partial charge in [-0.05, 0) is 25.0 Å². The van der Waals surface area contributed by atoms with E-state index >= 15 is 0 Å². The van der Waals surface area contributed by atoms with Crippen LogP contribution in [0.15, 0.2) is 18.2 Å². The summed E-state index contributed by atoms with van der Waals surface area (Å²) in [5.41, 5.74) is 1.73. The maximum Gasteiger partial charge on any atom is 0.316 e. The number of aromatic nitrogens is 3. The van der Waals surface area contributed by atoms with Crippen LogP contribution in [0, 0.1) is 12.8 Å². The van der Waals surface area contributed by atoms with Gasteiger partial charge in [0, 0.05) is 5.69 Å². The van der Waals surface area contributed by atoms with Gasteiger partial charge in [0.25, 0.3) is 0 Å². The van der Waals surface area contributed by atoms with Gasteiger partial charge in [0.1, 0.15) is 5.92 Å². The van der Waals surface area contributed by atoms with Gasteiger partial charge in [0.15, 0.2) is 11.5 Å². The molecule has 2 rings (SSSR count). The van der Waals surface area contributed by atoms with E-state index in [-0.39, 0.29) is 11.9 Å². The number of fused-ring (bicyclic) bond motifs is 1. The third kappa shape index (κ3) is 2.08. The topological polar surface area (TPSA) is 56.5 Å². The lowest BCUT2D eigenvalue weighted by Crippen LogP contribution is -2.21. The first-order chi connectivity index (χ1) is 8.54. The molecule has 0 saturated heterocycles. The molecule has 18 heavy (non-hydrogen) atoms. The average molecular weight is 247 g/mol. The second-order valence-corrected chi connectivity index (χ2v) is 4.65. The molecule has 0 radical (unpaired) electrons. The molecule has 0 bridgehead atoms. The predicted octanol–water partition coefficient (Wildman–Crippen LogP) is 1.95. The molecule has 96 valence electrons. The fourth-order valence-corrected chi connectivity index (χ4v) is 1.99. The van der Waals surface area contributed by atoms with Crippen molar-refractivity contribution in [3.8, 4) is 0 Å². The molecular weight excluding hydrogens is 230 g/mol. The van der Waals surface area contributed by atoms with Gasteiger partial charge in [0.2, 0.25) is 0 Å². The van der Waals surface area contributed by atoms with Crippen molar-refractivity contribution in [1.29, 1.82) is 0 Å². The molecule has 0 aliphatic heterocycles. The van der Waals surface area contributed by atoms with Crippen LogP contribution in [0.3, 0.4) is 0 Å². The molecule has 2 aromatic rings. The minimum Gasteiger partial charge on any atom is -0.468 e. The molecule has 0 amide bonds. The fourth-order valence-electron chi connectivity index (χ4n) is 1.99. The Morgan fingerprint density at radius 3 is 2.67 bits per heavy atom. The van der Waals surface area contributed by atoms with E-state index in [2.05, 4.69) is 10.1 Å². The monoisotopic (exact) mass is 247 g/mol. The fraction of sp³-hybridized carbons (Fsp3) is 0.462. The molecule has 1 unspecified atom stereocenters. The molecule has 5 heteroatoms. The van der Waals surface area contributed by atoms with Crippen molar-refractivity contribution < 1.29 is 9.53 Å². The number of carbonyl (C=O) groups is 1. The Morgan fingerprint density at radius 1 is 1.39 bits per heavy atom. The van der Waals surface area contributed by atoms with Crippen LogP contribution in [0.25, 0.3) is 5.65 Å². The Bertz CT molecular complexity index is 575.